The van der Waals surface area contributed by atoms with Gasteiger partial charge in [-0.15, -0.1) is 11.3 Å². The fraction of sp³-hybridized carbons (Fsp3) is 0.533. The molecule has 2 heterocycles. The maximum Gasteiger partial charge on any atom is 0.262 e. The van der Waals surface area contributed by atoms with Crippen LogP contribution in [0.5, 0.6) is 0 Å². The summed E-state index contributed by atoms with van der Waals surface area (Å²) in [4.78, 5) is 30.3. The van der Waals surface area contributed by atoms with E-state index in [2.05, 4.69) is 11.9 Å². The molecular formula is C15H18N2O2S. The van der Waals surface area contributed by atoms with Gasteiger partial charge in [-0.2, -0.15) is 0 Å². The molecule has 0 radical (unpaired) electrons. The lowest BCUT2D eigenvalue weighted by atomic mass is 9.89. The predicted molar refractivity (Wildman–Crippen MR) is 80.4 cm³/mol. The molecule has 3 rings (SSSR count). The van der Waals surface area contributed by atoms with Crippen molar-refractivity contribution in [2.24, 2.45) is 5.92 Å². The molecular weight excluding hydrogens is 272 g/mol. The van der Waals surface area contributed by atoms with Crippen molar-refractivity contribution in [2.45, 2.75) is 46.1 Å². The van der Waals surface area contributed by atoms with Crippen molar-refractivity contribution in [3.8, 4) is 0 Å². The summed E-state index contributed by atoms with van der Waals surface area (Å²) in [6, 6.07) is 0. The molecule has 2 aromatic rings. The largest absolute Gasteiger partial charge is 0.300 e. The van der Waals surface area contributed by atoms with Gasteiger partial charge in [0, 0.05) is 17.8 Å². The van der Waals surface area contributed by atoms with E-state index in [0.29, 0.717) is 18.9 Å². The minimum absolute atomic E-state index is 0.0169. The van der Waals surface area contributed by atoms with Gasteiger partial charge in [0.25, 0.3) is 5.56 Å². The molecule has 0 bridgehead atoms. The molecule has 1 aliphatic carbocycles. The summed E-state index contributed by atoms with van der Waals surface area (Å²) in [5.41, 5.74) is 1.22. The highest BCUT2D eigenvalue weighted by molar-refractivity contribution is 7.18. The number of hydrogen-bond donors (Lipinski definition) is 0. The molecule has 0 amide bonds. The molecule has 106 valence electrons. The van der Waals surface area contributed by atoms with Gasteiger partial charge in [0.05, 0.1) is 11.7 Å². The molecule has 20 heavy (non-hydrogen) atoms. The SMILES string of the molecule is CC(=O)CCn1cnc2sc3c(c2c1=O)CC[C@H](C)C3. The van der Waals surface area contributed by atoms with Gasteiger partial charge in [-0.25, -0.2) is 4.98 Å². The van der Waals surface area contributed by atoms with Crippen molar-refractivity contribution < 1.29 is 4.79 Å². The summed E-state index contributed by atoms with van der Waals surface area (Å²) < 4.78 is 1.58. The fourth-order valence-corrected chi connectivity index (χ4v) is 4.14. The summed E-state index contributed by atoms with van der Waals surface area (Å²) in [5.74, 6) is 0.786. The van der Waals surface area contributed by atoms with Crippen LogP contribution >= 0.6 is 11.3 Å². The minimum atomic E-state index is 0.0169. The van der Waals surface area contributed by atoms with Crippen molar-refractivity contribution in [3.63, 3.8) is 0 Å². The highest BCUT2D eigenvalue weighted by atomic mass is 32.1. The zero-order chi connectivity index (χ0) is 14.3. The van der Waals surface area contributed by atoms with Crippen LogP contribution in [0.2, 0.25) is 0 Å². The standard InChI is InChI=1S/C15H18N2O2S/c1-9-3-4-11-12(7-9)20-14-13(11)15(19)17(8-16-14)6-5-10(2)18/h8-9H,3-7H2,1-2H3/t9-/m0/s1. The molecule has 0 saturated heterocycles. The topological polar surface area (TPSA) is 52.0 Å². The van der Waals surface area contributed by atoms with Crippen molar-refractivity contribution in [3.05, 3.63) is 27.1 Å². The van der Waals surface area contributed by atoms with E-state index in [0.717, 1.165) is 29.5 Å². The van der Waals surface area contributed by atoms with Gasteiger partial charge in [0.15, 0.2) is 0 Å². The van der Waals surface area contributed by atoms with Gasteiger partial charge >= 0.3 is 0 Å². The van der Waals surface area contributed by atoms with Crippen molar-refractivity contribution >= 4 is 27.3 Å². The lowest BCUT2D eigenvalue weighted by Gasteiger charge is -2.17. The van der Waals surface area contributed by atoms with Crippen LogP contribution in [0.4, 0.5) is 0 Å². The first kappa shape index (κ1) is 13.5. The van der Waals surface area contributed by atoms with E-state index in [1.54, 1.807) is 29.2 Å². The smallest absolute Gasteiger partial charge is 0.262 e. The Morgan fingerprint density at radius 3 is 3.10 bits per heavy atom. The van der Waals surface area contributed by atoms with Crippen LogP contribution in [-0.2, 0) is 24.2 Å². The van der Waals surface area contributed by atoms with Crippen LogP contribution in [0.1, 0.15) is 37.1 Å². The first-order valence-electron chi connectivity index (χ1n) is 7.05. The second kappa shape index (κ2) is 5.13. The third-order valence-corrected chi connectivity index (χ3v) is 5.15. The molecule has 0 unspecified atom stereocenters. The zero-order valence-corrected chi connectivity index (χ0v) is 12.6. The highest BCUT2D eigenvalue weighted by Crippen LogP contribution is 2.35. The number of ketones is 1. The van der Waals surface area contributed by atoms with E-state index in [1.165, 1.54) is 10.4 Å². The van der Waals surface area contributed by atoms with Crippen LogP contribution in [0.25, 0.3) is 10.2 Å². The van der Waals surface area contributed by atoms with Crippen molar-refractivity contribution in [2.75, 3.05) is 0 Å². The summed E-state index contributed by atoms with van der Waals surface area (Å²) in [5, 5.41) is 0.794. The van der Waals surface area contributed by atoms with Crippen LogP contribution in [0.3, 0.4) is 0 Å². The number of carbonyl (C=O) groups excluding carboxylic acids is 1. The number of Topliss-reactive ketones (excluding diaryl/α,β-unsaturated/α-hetero) is 1. The molecule has 0 spiro atoms. The van der Waals surface area contributed by atoms with Gasteiger partial charge in [0.2, 0.25) is 0 Å². The number of thiophene rings is 1. The first-order chi connectivity index (χ1) is 9.56. The molecule has 5 heteroatoms. The van der Waals surface area contributed by atoms with Crippen LogP contribution in [0.15, 0.2) is 11.1 Å². The molecule has 4 nitrogen and oxygen atoms in total. The van der Waals surface area contributed by atoms with Crippen molar-refractivity contribution in [1.29, 1.82) is 0 Å². The maximum absolute atomic E-state index is 12.6. The van der Waals surface area contributed by atoms with E-state index in [9.17, 15) is 9.59 Å². The number of nitrogens with zero attached hydrogens (tertiary/aromatic N) is 2. The van der Waals surface area contributed by atoms with E-state index in [1.807, 2.05) is 0 Å². The summed E-state index contributed by atoms with van der Waals surface area (Å²) in [6.07, 6.45) is 5.14. The Balaban J connectivity index is 2.08. The second-order valence-electron chi connectivity index (χ2n) is 5.73. The molecule has 0 N–H and O–H groups in total. The highest BCUT2D eigenvalue weighted by Gasteiger charge is 2.23. The maximum atomic E-state index is 12.6. The lowest BCUT2D eigenvalue weighted by Crippen LogP contribution is -2.22. The number of carbonyl (C=O) groups is 1. The number of aromatic nitrogens is 2. The van der Waals surface area contributed by atoms with E-state index in [4.69, 9.17) is 0 Å². The fourth-order valence-electron chi connectivity index (χ4n) is 2.80. The Morgan fingerprint density at radius 2 is 2.35 bits per heavy atom. The Morgan fingerprint density at radius 1 is 1.55 bits per heavy atom. The lowest BCUT2D eigenvalue weighted by molar-refractivity contribution is -0.117. The Kier molecular flexibility index (Phi) is 3.46. The molecule has 0 aliphatic heterocycles. The van der Waals surface area contributed by atoms with Gasteiger partial charge in [-0.3, -0.25) is 14.2 Å². The molecule has 0 saturated carbocycles. The molecule has 1 atom stereocenters. The quantitative estimate of drug-likeness (QED) is 0.873. The molecule has 0 fully saturated rings. The Hall–Kier alpha value is -1.49. The Bertz CT molecular complexity index is 729. The van der Waals surface area contributed by atoms with E-state index < -0.39 is 0 Å². The molecule has 2 aromatic heterocycles. The number of hydrogen-bond acceptors (Lipinski definition) is 4. The van der Waals surface area contributed by atoms with Crippen LogP contribution in [-0.4, -0.2) is 15.3 Å². The first-order valence-corrected chi connectivity index (χ1v) is 7.87. The van der Waals surface area contributed by atoms with E-state index >= 15 is 0 Å². The molecule has 0 aromatic carbocycles. The minimum Gasteiger partial charge on any atom is -0.300 e. The number of rotatable bonds is 3. The van der Waals surface area contributed by atoms with Gasteiger partial charge in [-0.1, -0.05) is 6.92 Å². The summed E-state index contributed by atoms with van der Waals surface area (Å²) >= 11 is 1.66. The number of aryl methyl sites for hydroxylation is 2. The average Bonchev–Trinajstić information content (AvgIpc) is 2.75. The van der Waals surface area contributed by atoms with Gasteiger partial charge < -0.3 is 0 Å². The summed E-state index contributed by atoms with van der Waals surface area (Å²) in [6.45, 7) is 4.23. The van der Waals surface area contributed by atoms with Crippen molar-refractivity contribution in [1.82, 2.24) is 9.55 Å². The van der Waals surface area contributed by atoms with Crippen LogP contribution in [0, 0.1) is 5.92 Å². The normalized spacial score (nSPS) is 18.2. The van der Waals surface area contributed by atoms with Gasteiger partial charge in [0.1, 0.15) is 10.6 Å². The monoisotopic (exact) mass is 290 g/mol. The predicted octanol–water partition coefficient (Wildman–Crippen LogP) is 2.56. The van der Waals surface area contributed by atoms with Gasteiger partial charge in [-0.05, 0) is 37.7 Å². The van der Waals surface area contributed by atoms with E-state index in [-0.39, 0.29) is 11.3 Å². The third-order valence-electron chi connectivity index (χ3n) is 3.99. The zero-order valence-electron chi connectivity index (χ0n) is 11.8. The van der Waals surface area contributed by atoms with Crippen LogP contribution < -0.4 is 5.56 Å². The molecule has 1 aliphatic rings. The second-order valence-corrected chi connectivity index (χ2v) is 6.81. The average molecular weight is 290 g/mol. The Labute approximate surface area is 121 Å². The summed E-state index contributed by atoms with van der Waals surface area (Å²) in [7, 11) is 0. The number of fused-ring (bicyclic) bond motifs is 3. The third kappa shape index (κ3) is 2.30.